The second kappa shape index (κ2) is 3.69. The molecule has 0 aliphatic heterocycles. The maximum absolute atomic E-state index is 10.4. The van der Waals surface area contributed by atoms with E-state index >= 15 is 0 Å². The summed E-state index contributed by atoms with van der Waals surface area (Å²) in [5, 5.41) is 20.7. The number of nitro benzene ring substituents is 2. The molecule has 66 valence electrons. The van der Waals surface area contributed by atoms with Gasteiger partial charge in [0.2, 0.25) is 0 Å². The molecule has 0 aromatic heterocycles. The molecule has 0 atom stereocenters. The van der Waals surface area contributed by atoms with Gasteiger partial charge >= 0.3 is 85.8 Å². The van der Waals surface area contributed by atoms with Gasteiger partial charge in [0.25, 0.3) is 0 Å². The molecular formula is C6H4N2O4Sn. The summed E-state index contributed by atoms with van der Waals surface area (Å²) in [4.78, 5) is 19.4. The van der Waals surface area contributed by atoms with Crippen molar-refractivity contribution in [3.05, 3.63) is 38.4 Å². The van der Waals surface area contributed by atoms with E-state index in [1.807, 2.05) is 0 Å². The van der Waals surface area contributed by atoms with Crippen molar-refractivity contribution >= 4 is 37.5 Å². The van der Waals surface area contributed by atoms with Crippen LogP contribution in [0.4, 0.5) is 11.4 Å². The van der Waals surface area contributed by atoms with Crippen LogP contribution in [0.3, 0.4) is 0 Å². The summed E-state index contributed by atoms with van der Waals surface area (Å²) >= 11 is 0.568. The van der Waals surface area contributed by atoms with E-state index in [4.69, 9.17) is 0 Å². The third-order valence-electron chi connectivity index (χ3n) is 1.42. The fourth-order valence-electron chi connectivity index (χ4n) is 0.804. The molecule has 0 saturated carbocycles. The first-order valence-electron chi connectivity index (χ1n) is 3.20. The van der Waals surface area contributed by atoms with E-state index in [0.29, 0.717) is 26.1 Å². The van der Waals surface area contributed by atoms with Gasteiger partial charge < -0.3 is 0 Å². The summed E-state index contributed by atoms with van der Waals surface area (Å²) < 4.78 is 0.543. The molecule has 0 bridgehead atoms. The van der Waals surface area contributed by atoms with Crippen molar-refractivity contribution in [2.75, 3.05) is 0 Å². The molecule has 13 heavy (non-hydrogen) atoms. The summed E-state index contributed by atoms with van der Waals surface area (Å²) in [6.45, 7) is 0. The van der Waals surface area contributed by atoms with Gasteiger partial charge in [-0.3, -0.25) is 0 Å². The van der Waals surface area contributed by atoms with Crippen LogP contribution in [-0.2, 0) is 0 Å². The van der Waals surface area contributed by atoms with Crippen molar-refractivity contribution in [1.82, 2.24) is 0 Å². The van der Waals surface area contributed by atoms with Gasteiger partial charge in [0.1, 0.15) is 0 Å². The van der Waals surface area contributed by atoms with E-state index in [1.165, 1.54) is 12.1 Å². The molecule has 0 aliphatic carbocycles. The zero-order valence-electron chi connectivity index (χ0n) is 6.34. The molecule has 7 heteroatoms. The Kier molecular flexibility index (Phi) is 2.81. The van der Waals surface area contributed by atoms with Crippen molar-refractivity contribution in [3.8, 4) is 0 Å². The first kappa shape index (κ1) is 9.90. The number of benzene rings is 1. The fourth-order valence-corrected chi connectivity index (χ4v) is 1.62. The van der Waals surface area contributed by atoms with Gasteiger partial charge in [-0.05, 0) is 0 Å². The molecule has 0 spiro atoms. The number of hydrogen-bond acceptors (Lipinski definition) is 4. The summed E-state index contributed by atoms with van der Waals surface area (Å²) in [6, 6.07) is 3.67. The van der Waals surface area contributed by atoms with Crippen molar-refractivity contribution < 1.29 is 9.85 Å². The van der Waals surface area contributed by atoms with Crippen LogP contribution in [0.1, 0.15) is 0 Å². The predicted molar refractivity (Wildman–Crippen MR) is 46.5 cm³/mol. The zero-order valence-corrected chi connectivity index (χ0v) is 9.63. The molecule has 0 fully saturated rings. The van der Waals surface area contributed by atoms with Crippen molar-refractivity contribution in [2.45, 2.75) is 0 Å². The summed E-state index contributed by atoms with van der Waals surface area (Å²) in [5.74, 6) is 0. The summed E-state index contributed by atoms with van der Waals surface area (Å²) in [6.07, 6.45) is 0. The minimum atomic E-state index is -0.646. The Hall–Kier alpha value is -1.18. The van der Waals surface area contributed by atoms with Crippen LogP contribution in [0.2, 0.25) is 0 Å². The Morgan fingerprint density at radius 1 is 1.15 bits per heavy atom. The molecule has 0 aliphatic rings. The normalized spacial score (nSPS) is 9.62. The van der Waals surface area contributed by atoms with Crippen LogP contribution in [0.15, 0.2) is 18.2 Å². The van der Waals surface area contributed by atoms with E-state index in [2.05, 4.69) is 0 Å². The molecular weight excluding hydrogens is 283 g/mol. The second-order valence-electron chi connectivity index (χ2n) is 2.26. The first-order valence-corrected chi connectivity index (χ1v) is 4.85. The molecule has 0 N–H and O–H groups in total. The standard InChI is InChI=1S/C6H3N2O4.Sn.H/c9-7(10)5-2-1-3-6(4-5)8(11)12;;/h1-2,4H;;. The Balaban J connectivity index is 3.27. The molecule has 6 nitrogen and oxygen atoms in total. The molecule has 1 aromatic carbocycles. The third-order valence-corrected chi connectivity index (χ3v) is 2.81. The average molecular weight is 287 g/mol. The van der Waals surface area contributed by atoms with Crippen molar-refractivity contribution in [2.24, 2.45) is 0 Å². The molecule has 0 amide bonds. The van der Waals surface area contributed by atoms with Crippen molar-refractivity contribution in [1.29, 1.82) is 0 Å². The molecule has 0 saturated heterocycles. The molecule has 2 radical (unpaired) electrons. The van der Waals surface area contributed by atoms with Gasteiger partial charge in [-0.15, -0.1) is 0 Å². The van der Waals surface area contributed by atoms with Gasteiger partial charge in [0.05, 0.1) is 0 Å². The number of hydrogen-bond donors (Lipinski definition) is 0. The number of non-ortho nitro benzene ring substituents is 1. The third kappa shape index (κ3) is 2.14. The van der Waals surface area contributed by atoms with Gasteiger partial charge in [0, 0.05) is 0 Å². The topological polar surface area (TPSA) is 86.3 Å². The monoisotopic (exact) mass is 288 g/mol. The van der Waals surface area contributed by atoms with Gasteiger partial charge in [-0.2, -0.15) is 0 Å². The van der Waals surface area contributed by atoms with E-state index < -0.39 is 9.85 Å². The van der Waals surface area contributed by atoms with E-state index in [9.17, 15) is 20.2 Å². The Labute approximate surface area is 85.9 Å². The summed E-state index contributed by atoms with van der Waals surface area (Å²) in [7, 11) is 0. The van der Waals surface area contributed by atoms with Crippen LogP contribution < -0.4 is 3.58 Å². The van der Waals surface area contributed by atoms with Crippen LogP contribution >= 0.6 is 0 Å². The number of nitrogens with zero attached hydrogens (tertiary/aromatic N) is 2. The average Bonchev–Trinajstić information content (AvgIpc) is 2.04. The maximum atomic E-state index is 10.4. The fraction of sp³-hybridized carbons (Fsp3) is 0. The Morgan fingerprint density at radius 3 is 2.23 bits per heavy atom. The van der Waals surface area contributed by atoms with Crippen LogP contribution in [0.25, 0.3) is 0 Å². The van der Waals surface area contributed by atoms with Gasteiger partial charge in [-0.1, -0.05) is 0 Å². The van der Waals surface area contributed by atoms with Gasteiger partial charge in [0.15, 0.2) is 0 Å². The van der Waals surface area contributed by atoms with Crippen LogP contribution in [-0.4, -0.2) is 32.4 Å². The zero-order chi connectivity index (χ0) is 10.0. The summed E-state index contributed by atoms with van der Waals surface area (Å²) in [5.41, 5.74) is -0.415. The molecule has 0 heterocycles. The van der Waals surface area contributed by atoms with E-state index in [1.54, 1.807) is 0 Å². The number of rotatable bonds is 2. The van der Waals surface area contributed by atoms with E-state index in [0.717, 1.165) is 6.07 Å². The Bertz CT molecular complexity index is 379. The minimum absolute atomic E-state index is 0.170. The Morgan fingerprint density at radius 2 is 1.77 bits per heavy atom. The van der Waals surface area contributed by atoms with E-state index in [-0.39, 0.29) is 11.4 Å². The number of nitro groups is 2. The SMILES string of the molecule is O=[N+]([O-])c1cc[c]([SnH])c([N+](=O)[O-])c1. The molecule has 1 rings (SSSR count). The predicted octanol–water partition coefficient (Wildman–Crippen LogP) is 0.0291. The van der Waals surface area contributed by atoms with Crippen LogP contribution in [0.5, 0.6) is 0 Å². The van der Waals surface area contributed by atoms with Crippen LogP contribution in [0, 0.1) is 20.2 Å². The molecule has 1 aromatic rings. The second-order valence-corrected chi connectivity index (χ2v) is 4.03. The quantitative estimate of drug-likeness (QED) is 0.436. The van der Waals surface area contributed by atoms with Crippen molar-refractivity contribution in [3.63, 3.8) is 0 Å². The van der Waals surface area contributed by atoms with Gasteiger partial charge in [-0.25, -0.2) is 0 Å². The first-order chi connectivity index (χ1) is 6.02. The molecule has 0 unspecified atom stereocenters.